The van der Waals surface area contributed by atoms with Crippen LogP contribution in [0.15, 0.2) is 104 Å². The van der Waals surface area contributed by atoms with Crippen LogP contribution in [-0.4, -0.2) is 66.3 Å². The lowest BCUT2D eigenvalue weighted by molar-refractivity contribution is -0.0924. The van der Waals surface area contributed by atoms with Crippen molar-refractivity contribution in [2.24, 2.45) is 0 Å². The Bertz CT molecular complexity index is 1820. The minimum atomic E-state index is -2.56. The number of carbonyl (C=O) groups is 3. The first-order valence-electron chi connectivity index (χ1n) is 13.7. The Labute approximate surface area is 251 Å². The van der Waals surface area contributed by atoms with E-state index in [0.717, 1.165) is 0 Å². The fraction of sp³-hybridized carbons (Fsp3) is 0.188. The van der Waals surface area contributed by atoms with Gasteiger partial charge in [0.25, 0.3) is 0 Å². The third-order valence-electron chi connectivity index (χ3n) is 7.44. The third-order valence-corrected chi connectivity index (χ3v) is 7.44. The Morgan fingerprint density at radius 1 is 0.864 bits per heavy atom. The van der Waals surface area contributed by atoms with Crippen LogP contribution in [-0.2, 0) is 14.2 Å². The van der Waals surface area contributed by atoms with Crippen LogP contribution in [0.2, 0.25) is 0 Å². The van der Waals surface area contributed by atoms with Crippen LogP contribution in [0.5, 0.6) is 0 Å². The number of nitrogen functional groups attached to an aromatic ring is 1. The molecule has 0 aliphatic carbocycles. The molecule has 3 heterocycles. The van der Waals surface area contributed by atoms with E-state index >= 15 is 0 Å². The Balaban J connectivity index is 1.48. The molecule has 5 aromatic rings. The Morgan fingerprint density at radius 2 is 1.43 bits per heavy atom. The van der Waals surface area contributed by atoms with Gasteiger partial charge in [-0.2, -0.15) is 0 Å². The summed E-state index contributed by atoms with van der Waals surface area (Å²) in [7, 11) is 0. The lowest BCUT2D eigenvalue weighted by Gasteiger charge is -2.33. The van der Waals surface area contributed by atoms with E-state index in [2.05, 4.69) is 15.0 Å². The first kappa shape index (κ1) is 28.6. The van der Waals surface area contributed by atoms with Crippen LogP contribution in [0.1, 0.15) is 44.2 Å². The van der Waals surface area contributed by atoms with E-state index in [-0.39, 0.29) is 33.7 Å². The van der Waals surface area contributed by atoms with Crippen LogP contribution >= 0.6 is 0 Å². The number of ether oxygens (including phenoxy) is 3. The second kappa shape index (κ2) is 11.7. The van der Waals surface area contributed by atoms with Gasteiger partial charge in [0.2, 0.25) is 11.4 Å². The number of rotatable bonds is 8. The molecule has 0 spiro atoms. The molecule has 1 aliphatic heterocycles. The van der Waals surface area contributed by atoms with Crippen LogP contribution in [0.25, 0.3) is 11.2 Å². The number of Topliss-reactive ketones (excluding diaryl/α,β-unsaturated/α-hetero) is 1. The van der Waals surface area contributed by atoms with Crippen molar-refractivity contribution in [1.29, 1.82) is 0 Å². The molecule has 1 fully saturated rings. The number of carbonyl (C=O) groups excluding carboxylic acids is 3. The van der Waals surface area contributed by atoms with Crippen molar-refractivity contribution in [3.63, 3.8) is 0 Å². The molecular weight excluding hydrogens is 566 g/mol. The summed E-state index contributed by atoms with van der Waals surface area (Å²) in [5.74, 6) is -2.24. The van der Waals surface area contributed by atoms with Crippen LogP contribution in [0.4, 0.5) is 5.82 Å². The summed E-state index contributed by atoms with van der Waals surface area (Å²) in [6, 6.07) is 24.4. The maximum atomic E-state index is 14.3. The first-order valence-corrected chi connectivity index (χ1v) is 13.7. The van der Waals surface area contributed by atoms with Gasteiger partial charge in [-0.05, 0) is 31.2 Å². The van der Waals surface area contributed by atoms with Gasteiger partial charge in [-0.3, -0.25) is 9.36 Å². The molecule has 6 rings (SSSR count). The highest BCUT2D eigenvalue weighted by Gasteiger charge is 2.65. The highest BCUT2D eigenvalue weighted by Crippen LogP contribution is 2.45. The number of aromatic nitrogens is 4. The van der Waals surface area contributed by atoms with E-state index in [1.165, 1.54) is 48.4 Å². The van der Waals surface area contributed by atoms with Gasteiger partial charge >= 0.3 is 11.9 Å². The van der Waals surface area contributed by atoms with E-state index in [1.54, 1.807) is 66.7 Å². The van der Waals surface area contributed by atoms with Gasteiger partial charge in [-0.25, -0.2) is 24.5 Å². The SMILES string of the molecule is CC(OC(=O)c1ccccc1)[C@H]1O[C@@H](n2cnc3c(N)ncnc32)[C@@](O)(C(=O)c2ccccc2)[C@@H]1OC(=O)c1ccccc1. The van der Waals surface area contributed by atoms with Crippen molar-refractivity contribution < 1.29 is 33.7 Å². The molecule has 12 nitrogen and oxygen atoms in total. The molecule has 2 aromatic heterocycles. The zero-order valence-corrected chi connectivity index (χ0v) is 23.4. The summed E-state index contributed by atoms with van der Waals surface area (Å²) in [4.78, 5) is 53.3. The largest absolute Gasteiger partial charge is 0.456 e. The van der Waals surface area contributed by atoms with Gasteiger partial charge in [0.05, 0.1) is 17.5 Å². The number of esters is 2. The summed E-state index contributed by atoms with van der Waals surface area (Å²) in [6.07, 6.45) is -3.16. The summed E-state index contributed by atoms with van der Waals surface area (Å²) < 4.78 is 19.3. The molecule has 0 bridgehead atoms. The third kappa shape index (κ3) is 5.06. The quantitative estimate of drug-likeness (QED) is 0.200. The van der Waals surface area contributed by atoms with Gasteiger partial charge in [-0.1, -0.05) is 66.7 Å². The van der Waals surface area contributed by atoms with Gasteiger partial charge in [0, 0.05) is 5.56 Å². The molecule has 0 saturated carbocycles. The molecule has 12 heteroatoms. The zero-order chi connectivity index (χ0) is 30.8. The van der Waals surface area contributed by atoms with E-state index in [1.807, 2.05) is 0 Å². The number of aliphatic hydroxyl groups is 1. The molecule has 0 radical (unpaired) electrons. The van der Waals surface area contributed by atoms with Gasteiger partial charge in [-0.15, -0.1) is 0 Å². The summed E-state index contributed by atoms with van der Waals surface area (Å²) in [5, 5.41) is 12.6. The van der Waals surface area contributed by atoms with E-state index in [0.29, 0.717) is 0 Å². The highest BCUT2D eigenvalue weighted by molar-refractivity contribution is 6.04. The predicted molar refractivity (Wildman–Crippen MR) is 156 cm³/mol. The average Bonchev–Trinajstić information content (AvgIpc) is 3.62. The number of benzene rings is 3. The maximum Gasteiger partial charge on any atom is 0.338 e. The number of hydrogen-bond donors (Lipinski definition) is 2. The molecule has 1 unspecified atom stereocenters. The first-order chi connectivity index (χ1) is 21.3. The second-order valence-electron chi connectivity index (χ2n) is 10.2. The number of fused-ring (bicyclic) bond motifs is 1. The van der Waals surface area contributed by atoms with E-state index < -0.39 is 47.9 Å². The van der Waals surface area contributed by atoms with Gasteiger partial charge in [0.1, 0.15) is 24.1 Å². The fourth-order valence-electron chi connectivity index (χ4n) is 5.25. The van der Waals surface area contributed by atoms with Crippen molar-refractivity contribution in [2.45, 2.75) is 37.1 Å². The van der Waals surface area contributed by atoms with Crippen LogP contribution in [0, 0.1) is 0 Å². The Hall–Kier alpha value is -5.46. The van der Waals surface area contributed by atoms with Crippen molar-refractivity contribution in [1.82, 2.24) is 19.5 Å². The topological polar surface area (TPSA) is 169 Å². The molecule has 1 aliphatic rings. The molecule has 1 saturated heterocycles. The second-order valence-corrected chi connectivity index (χ2v) is 10.2. The number of hydrogen-bond acceptors (Lipinski definition) is 11. The molecule has 222 valence electrons. The summed E-state index contributed by atoms with van der Waals surface area (Å²) >= 11 is 0. The minimum absolute atomic E-state index is 0.0680. The standard InChI is InChI=1S/C32H27N5O7/c1-19(42-29(39)21-13-7-3-8-14-21)24-26(44-30(40)22-15-9-4-10-16-22)32(41,25(38)20-11-5-2-6-12-20)31(43-24)37-18-36-23-27(33)34-17-35-28(23)37/h2-19,24,26,31,41H,1H3,(H2,33,34,35)/t19?,24-,26-,31-,32-/m1/s1. The van der Waals surface area contributed by atoms with Crippen LogP contribution in [0.3, 0.4) is 0 Å². The van der Waals surface area contributed by atoms with Crippen LogP contribution < -0.4 is 5.73 Å². The number of anilines is 1. The lowest BCUT2D eigenvalue weighted by Crippen LogP contribution is -2.56. The Morgan fingerprint density at radius 3 is 2.05 bits per heavy atom. The molecule has 44 heavy (non-hydrogen) atoms. The Kier molecular flexibility index (Phi) is 7.60. The normalized spacial score (nSPS) is 21.9. The van der Waals surface area contributed by atoms with Crippen molar-refractivity contribution in [2.75, 3.05) is 5.73 Å². The van der Waals surface area contributed by atoms with Gasteiger partial charge < -0.3 is 25.1 Å². The molecule has 3 aromatic carbocycles. The number of nitrogens with zero attached hydrogens (tertiary/aromatic N) is 4. The average molecular weight is 594 g/mol. The predicted octanol–water partition coefficient (Wildman–Crippen LogP) is 3.39. The van der Waals surface area contributed by atoms with Crippen molar-refractivity contribution >= 4 is 34.7 Å². The van der Waals surface area contributed by atoms with Crippen molar-refractivity contribution in [3.05, 3.63) is 120 Å². The van der Waals surface area contributed by atoms with Gasteiger partial charge in [0.15, 0.2) is 23.8 Å². The highest BCUT2D eigenvalue weighted by atomic mass is 16.6. The molecule has 3 N–H and O–H groups in total. The minimum Gasteiger partial charge on any atom is -0.456 e. The summed E-state index contributed by atoms with van der Waals surface area (Å²) in [6.45, 7) is 1.52. The number of nitrogens with two attached hydrogens (primary N) is 1. The lowest BCUT2D eigenvalue weighted by atomic mass is 9.84. The molecular formula is C32H27N5O7. The molecule has 0 amide bonds. The van der Waals surface area contributed by atoms with Crippen molar-refractivity contribution in [3.8, 4) is 0 Å². The molecule has 5 atom stereocenters. The fourth-order valence-corrected chi connectivity index (χ4v) is 5.25. The number of ketones is 1. The maximum absolute atomic E-state index is 14.3. The van der Waals surface area contributed by atoms with E-state index in [9.17, 15) is 19.5 Å². The monoisotopic (exact) mass is 593 g/mol. The smallest absolute Gasteiger partial charge is 0.338 e. The number of imidazole rings is 1. The summed E-state index contributed by atoms with van der Waals surface area (Å²) in [5.41, 5.74) is 4.38. The van der Waals surface area contributed by atoms with E-state index in [4.69, 9.17) is 19.9 Å². The zero-order valence-electron chi connectivity index (χ0n) is 23.4.